The number of fused-ring (bicyclic) bond motifs is 1. The molecule has 0 aromatic heterocycles. The first-order chi connectivity index (χ1) is 19.7. The van der Waals surface area contributed by atoms with Crippen LogP contribution in [-0.4, -0.2) is 6.61 Å². The minimum absolute atomic E-state index is 0.734. The highest BCUT2D eigenvalue weighted by Crippen LogP contribution is 2.37. The fourth-order valence-corrected chi connectivity index (χ4v) is 6.27. The maximum Gasteiger partial charge on any atom is 0.119 e. The lowest BCUT2D eigenvalue weighted by molar-refractivity contribution is 0.302. The van der Waals surface area contributed by atoms with Crippen LogP contribution in [0, 0.1) is 17.8 Å². The van der Waals surface area contributed by atoms with E-state index in [-0.39, 0.29) is 0 Å². The molecule has 1 aliphatic carbocycles. The van der Waals surface area contributed by atoms with Gasteiger partial charge in [0.25, 0.3) is 0 Å². The summed E-state index contributed by atoms with van der Waals surface area (Å²) in [5, 5.41) is 2.42. The molecule has 3 aromatic carbocycles. The smallest absolute Gasteiger partial charge is 0.119 e. The molecule has 0 saturated heterocycles. The van der Waals surface area contributed by atoms with E-state index >= 15 is 0 Å². The second-order valence-electron chi connectivity index (χ2n) is 12.1. The maximum absolute atomic E-state index is 5.96. The lowest BCUT2D eigenvalue weighted by atomic mass is 9.77. The molecule has 0 bridgehead atoms. The molecule has 3 aromatic rings. The van der Waals surface area contributed by atoms with Crippen LogP contribution in [0.25, 0.3) is 10.8 Å². The zero-order valence-corrected chi connectivity index (χ0v) is 25.4. The molecule has 1 saturated carbocycles. The molecule has 4 rings (SSSR count). The van der Waals surface area contributed by atoms with E-state index in [2.05, 4.69) is 86.4 Å². The van der Waals surface area contributed by atoms with E-state index in [4.69, 9.17) is 4.74 Å². The molecule has 0 heterocycles. The molecule has 1 aliphatic rings. The Bertz CT molecular complexity index is 1190. The summed E-state index contributed by atoms with van der Waals surface area (Å²) in [6.45, 7) is 5.34. The van der Waals surface area contributed by atoms with Crippen molar-refractivity contribution in [3.8, 4) is 17.6 Å². The van der Waals surface area contributed by atoms with Gasteiger partial charge in [0.2, 0.25) is 0 Å². The van der Waals surface area contributed by atoms with Crippen molar-refractivity contribution in [1.82, 2.24) is 0 Å². The summed E-state index contributed by atoms with van der Waals surface area (Å²) in [7, 11) is 0. The van der Waals surface area contributed by atoms with Crippen molar-refractivity contribution in [2.24, 2.45) is 5.92 Å². The second kappa shape index (κ2) is 17.2. The first-order valence-corrected chi connectivity index (χ1v) is 16.5. The Morgan fingerprint density at radius 2 is 1.20 bits per heavy atom. The molecule has 0 spiro atoms. The Morgan fingerprint density at radius 1 is 0.600 bits per heavy atom. The van der Waals surface area contributed by atoms with Crippen molar-refractivity contribution in [3.63, 3.8) is 0 Å². The zero-order valence-electron chi connectivity index (χ0n) is 25.4. The number of hydrogen-bond donors (Lipinski definition) is 0. The molecule has 40 heavy (non-hydrogen) atoms. The van der Waals surface area contributed by atoms with Gasteiger partial charge in [-0.3, -0.25) is 0 Å². The number of unbranched alkanes of at least 4 members (excludes halogenated alkanes) is 9. The van der Waals surface area contributed by atoms with Crippen LogP contribution in [0.3, 0.4) is 0 Å². The van der Waals surface area contributed by atoms with Crippen LogP contribution in [-0.2, 0) is 0 Å². The summed E-state index contributed by atoms with van der Waals surface area (Å²) < 4.78 is 5.96. The minimum Gasteiger partial charge on any atom is -0.494 e. The molecule has 214 valence electrons. The van der Waals surface area contributed by atoms with Crippen molar-refractivity contribution in [2.75, 3.05) is 6.61 Å². The van der Waals surface area contributed by atoms with Gasteiger partial charge in [-0.25, -0.2) is 0 Å². The molecule has 1 heteroatoms. The van der Waals surface area contributed by atoms with Crippen LogP contribution in [0.1, 0.15) is 139 Å². The maximum atomic E-state index is 5.96. The summed E-state index contributed by atoms with van der Waals surface area (Å²) >= 11 is 0. The molecule has 0 aliphatic heterocycles. The first-order valence-electron chi connectivity index (χ1n) is 16.5. The monoisotopic (exact) mass is 536 g/mol. The average molecular weight is 537 g/mol. The third kappa shape index (κ3) is 10.0. The number of hydrogen-bond acceptors (Lipinski definition) is 1. The largest absolute Gasteiger partial charge is 0.494 e. The van der Waals surface area contributed by atoms with Crippen LogP contribution >= 0.6 is 0 Å². The van der Waals surface area contributed by atoms with Gasteiger partial charge in [0, 0.05) is 11.1 Å². The summed E-state index contributed by atoms with van der Waals surface area (Å²) in [6.07, 6.45) is 21.9. The zero-order chi connectivity index (χ0) is 27.8. The van der Waals surface area contributed by atoms with Gasteiger partial charge >= 0.3 is 0 Å². The summed E-state index contributed by atoms with van der Waals surface area (Å²) in [6, 6.07) is 22.0. The topological polar surface area (TPSA) is 9.23 Å². The van der Waals surface area contributed by atoms with Crippen molar-refractivity contribution >= 4 is 10.8 Å². The van der Waals surface area contributed by atoms with Gasteiger partial charge in [-0.1, -0.05) is 121 Å². The third-order valence-electron chi connectivity index (χ3n) is 8.87. The highest BCUT2D eigenvalue weighted by molar-refractivity contribution is 5.85. The second-order valence-corrected chi connectivity index (χ2v) is 12.1. The van der Waals surface area contributed by atoms with Crippen molar-refractivity contribution in [2.45, 2.75) is 122 Å². The van der Waals surface area contributed by atoms with E-state index in [1.165, 1.54) is 113 Å². The summed E-state index contributed by atoms with van der Waals surface area (Å²) in [5.41, 5.74) is 3.67. The highest BCUT2D eigenvalue weighted by Gasteiger charge is 2.22. The number of rotatable bonds is 15. The lowest BCUT2D eigenvalue weighted by Crippen LogP contribution is -2.13. The standard InChI is InChI=1S/C39H52O/c1-3-5-7-9-10-11-12-14-32-17-22-35(23-18-32)36-24-19-33(20-25-36)15-16-34-21-26-38-31-39(28-27-37(38)30-34)40-29-13-8-6-4-2/h19-21,24-28,30-32,35H,3-14,17-18,22-23,29H2,1-2H3/t32-,35-. The van der Waals surface area contributed by atoms with Gasteiger partial charge < -0.3 is 4.74 Å². The lowest BCUT2D eigenvalue weighted by Gasteiger charge is -2.29. The Morgan fingerprint density at radius 3 is 1.95 bits per heavy atom. The van der Waals surface area contributed by atoms with Crippen molar-refractivity contribution < 1.29 is 4.74 Å². The van der Waals surface area contributed by atoms with Gasteiger partial charge in [-0.05, 0) is 96.7 Å². The number of benzene rings is 3. The molecule has 0 amide bonds. The van der Waals surface area contributed by atoms with E-state index in [1.807, 2.05) is 0 Å². The molecule has 0 radical (unpaired) electrons. The van der Waals surface area contributed by atoms with Crippen LogP contribution in [0.4, 0.5) is 0 Å². The SMILES string of the molecule is CCCCCCCCC[C@H]1CC[C@H](c2ccc(C#Cc3ccc4cc(OCCCCCC)ccc4c3)cc2)CC1. The Hall–Kier alpha value is -2.72. The van der Waals surface area contributed by atoms with E-state index in [9.17, 15) is 0 Å². The molecule has 0 atom stereocenters. The molecule has 0 N–H and O–H groups in total. The molecule has 1 nitrogen and oxygen atoms in total. The fourth-order valence-electron chi connectivity index (χ4n) is 6.27. The number of ether oxygens (including phenoxy) is 1. The summed E-state index contributed by atoms with van der Waals surface area (Å²) in [5.74, 6) is 9.44. The van der Waals surface area contributed by atoms with Crippen LogP contribution < -0.4 is 4.74 Å². The molecule has 1 fully saturated rings. The summed E-state index contributed by atoms with van der Waals surface area (Å²) in [4.78, 5) is 0. The Balaban J connectivity index is 1.21. The fraction of sp³-hybridized carbons (Fsp3) is 0.538. The quantitative estimate of drug-likeness (QED) is 0.139. The van der Waals surface area contributed by atoms with E-state index in [1.54, 1.807) is 0 Å². The van der Waals surface area contributed by atoms with Gasteiger partial charge in [0.15, 0.2) is 0 Å². The highest BCUT2D eigenvalue weighted by atomic mass is 16.5. The van der Waals surface area contributed by atoms with Crippen LogP contribution in [0.2, 0.25) is 0 Å². The predicted molar refractivity (Wildman–Crippen MR) is 173 cm³/mol. The van der Waals surface area contributed by atoms with Gasteiger partial charge in [-0.2, -0.15) is 0 Å². The van der Waals surface area contributed by atoms with Gasteiger partial charge in [0.05, 0.1) is 6.61 Å². The van der Waals surface area contributed by atoms with Gasteiger partial charge in [-0.15, -0.1) is 0 Å². The molecular formula is C39H52O. The minimum atomic E-state index is 0.734. The predicted octanol–water partition coefficient (Wildman–Crippen LogP) is 11.6. The van der Waals surface area contributed by atoms with Crippen molar-refractivity contribution in [1.29, 1.82) is 0 Å². The van der Waals surface area contributed by atoms with E-state index in [0.29, 0.717) is 0 Å². The van der Waals surface area contributed by atoms with Gasteiger partial charge in [0.1, 0.15) is 5.75 Å². The first kappa shape index (κ1) is 30.2. The Labute approximate surface area is 245 Å². The van der Waals surface area contributed by atoms with Crippen LogP contribution in [0.5, 0.6) is 5.75 Å². The Kier molecular flexibility index (Phi) is 13.0. The molecular weight excluding hydrogens is 484 g/mol. The average Bonchev–Trinajstić information content (AvgIpc) is 3.00. The van der Waals surface area contributed by atoms with E-state index in [0.717, 1.165) is 41.7 Å². The van der Waals surface area contributed by atoms with Crippen LogP contribution in [0.15, 0.2) is 60.7 Å². The van der Waals surface area contributed by atoms with Crippen molar-refractivity contribution in [3.05, 3.63) is 77.4 Å². The molecule has 0 unspecified atom stereocenters. The van der Waals surface area contributed by atoms with E-state index < -0.39 is 0 Å². The normalized spacial score (nSPS) is 16.9. The third-order valence-corrected chi connectivity index (χ3v) is 8.87.